The molecule has 0 spiro atoms. The highest BCUT2D eigenvalue weighted by atomic mass is 32.1. The molecule has 0 aliphatic heterocycles. The van der Waals surface area contributed by atoms with Crippen molar-refractivity contribution in [1.82, 2.24) is 4.98 Å². The van der Waals surface area contributed by atoms with Gasteiger partial charge >= 0.3 is 0 Å². The minimum Gasteiger partial charge on any atom is -0.497 e. The molecule has 1 aromatic heterocycles. The molecule has 0 atom stereocenters. The monoisotopic (exact) mass is 384 g/mol. The van der Waals surface area contributed by atoms with Crippen LogP contribution < -0.4 is 10.2 Å². The number of thiazole rings is 1. The van der Waals surface area contributed by atoms with Gasteiger partial charge in [0.15, 0.2) is 10.7 Å². The van der Waals surface area contributed by atoms with E-state index in [1.165, 1.54) is 11.3 Å². The van der Waals surface area contributed by atoms with Crippen molar-refractivity contribution >= 4 is 33.5 Å². The number of hydrazone groups is 1. The van der Waals surface area contributed by atoms with Crippen LogP contribution in [-0.4, -0.2) is 17.8 Å². The van der Waals surface area contributed by atoms with Gasteiger partial charge in [0.05, 0.1) is 18.5 Å². The highest BCUT2D eigenvalue weighted by Crippen LogP contribution is 2.29. The average molecular weight is 384 g/mol. The van der Waals surface area contributed by atoms with E-state index in [0.29, 0.717) is 5.01 Å². The van der Waals surface area contributed by atoms with Gasteiger partial charge in [-0.1, -0.05) is 42.5 Å². The van der Waals surface area contributed by atoms with E-state index in [0.717, 1.165) is 33.5 Å². The maximum atomic E-state index is 9.52. The lowest BCUT2D eigenvalue weighted by atomic mass is 10.0. The summed E-state index contributed by atoms with van der Waals surface area (Å²) < 4.78 is 5.14. The quantitative estimate of drug-likeness (QED) is 0.374. The number of nitriles is 1. The predicted molar refractivity (Wildman–Crippen MR) is 114 cm³/mol. The number of anilines is 1. The molecule has 0 unspecified atom stereocenters. The number of aromatic nitrogens is 1. The lowest BCUT2D eigenvalue weighted by Gasteiger charge is -2.03. The Bertz CT molecular complexity index is 1180. The van der Waals surface area contributed by atoms with Crippen LogP contribution in [0.3, 0.4) is 0 Å². The molecule has 1 N–H and O–H groups in total. The van der Waals surface area contributed by atoms with Crippen LogP contribution in [0.5, 0.6) is 5.75 Å². The summed E-state index contributed by atoms with van der Waals surface area (Å²) in [5.74, 6) is 0.759. The summed E-state index contributed by atoms with van der Waals surface area (Å²) in [7, 11) is 1.62. The number of rotatable bonds is 5. The van der Waals surface area contributed by atoms with Crippen LogP contribution in [-0.2, 0) is 0 Å². The van der Waals surface area contributed by atoms with Gasteiger partial charge in [0.1, 0.15) is 11.8 Å². The molecule has 0 radical (unpaired) electrons. The summed E-state index contributed by atoms with van der Waals surface area (Å²) in [6.45, 7) is 0. The maximum Gasteiger partial charge on any atom is 0.196 e. The Hall–Kier alpha value is -3.69. The number of nitrogens with zero attached hydrogens (tertiary/aromatic N) is 3. The number of fused-ring (bicyclic) bond motifs is 1. The van der Waals surface area contributed by atoms with Gasteiger partial charge in [-0.05, 0) is 35.0 Å². The van der Waals surface area contributed by atoms with Crippen molar-refractivity contribution in [3.8, 4) is 23.1 Å². The Morgan fingerprint density at radius 2 is 1.86 bits per heavy atom. The van der Waals surface area contributed by atoms with Crippen LogP contribution in [0.1, 0.15) is 5.01 Å². The van der Waals surface area contributed by atoms with Gasteiger partial charge in [0.2, 0.25) is 0 Å². The Balaban J connectivity index is 1.62. The second kappa shape index (κ2) is 7.91. The normalized spacial score (nSPS) is 11.2. The van der Waals surface area contributed by atoms with Gasteiger partial charge in [-0.25, -0.2) is 4.98 Å². The first-order valence-electron chi connectivity index (χ1n) is 8.60. The molecule has 0 aliphatic carbocycles. The summed E-state index contributed by atoms with van der Waals surface area (Å²) in [4.78, 5) is 4.65. The molecule has 5 nitrogen and oxygen atoms in total. The molecule has 0 aliphatic rings. The van der Waals surface area contributed by atoms with Crippen LogP contribution in [0.25, 0.3) is 22.0 Å². The largest absolute Gasteiger partial charge is 0.497 e. The van der Waals surface area contributed by atoms with Crippen molar-refractivity contribution in [3.63, 3.8) is 0 Å². The third-order valence-electron chi connectivity index (χ3n) is 4.27. The number of hydrogen-bond acceptors (Lipinski definition) is 6. The van der Waals surface area contributed by atoms with Crippen molar-refractivity contribution in [2.75, 3.05) is 12.5 Å². The Kier molecular flexibility index (Phi) is 5.00. The summed E-state index contributed by atoms with van der Waals surface area (Å²) in [6.07, 6.45) is 0. The number of benzene rings is 3. The van der Waals surface area contributed by atoms with Crippen molar-refractivity contribution < 1.29 is 4.74 Å². The highest BCUT2D eigenvalue weighted by molar-refractivity contribution is 7.12. The van der Waals surface area contributed by atoms with Crippen LogP contribution in [0.2, 0.25) is 0 Å². The molecule has 0 saturated heterocycles. The van der Waals surface area contributed by atoms with Gasteiger partial charge in [0.25, 0.3) is 0 Å². The zero-order chi connectivity index (χ0) is 19.3. The van der Waals surface area contributed by atoms with Crippen LogP contribution in [0, 0.1) is 11.3 Å². The number of ether oxygens (including phenoxy) is 1. The molecule has 1 heterocycles. The molecule has 0 bridgehead atoms. The van der Waals surface area contributed by atoms with Crippen molar-refractivity contribution in [1.29, 1.82) is 5.26 Å². The molecule has 4 aromatic rings. The molecule has 0 fully saturated rings. The minimum absolute atomic E-state index is 0.243. The van der Waals surface area contributed by atoms with E-state index in [1.54, 1.807) is 7.11 Å². The zero-order valence-corrected chi connectivity index (χ0v) is 15.9. The lowest BCUT2D eigenvalue weighted by molar-refractivity contribution is 0.415. The smallest absolute Gasteiger partial charge is 0.196 e. The van der Waals surface area contributed by atoms with E-state index >= 15 is 0 Å². The molecule has 6 heteroatoms. The van der Waals surface area contributed by atoms with Crippen molar-refractivity contribution in [2.45, 2.75) is 0 Å². The minimum atomic E-state index is 0.243. The maximum absolute atomic E-state index is 9.52. The third kappa shape index (κ3) is 3.56. The predicted octanol–water partition coefficient (Wildman–Crippen LogP) is 5.31. The third-order valence-corrected chi connectivity index (χ3v) is 5.11. The van der Waals surface area contributed by atoms with Gasteiger partial charge in [-0.15, -0.1) is 11.3 Å². The molecular weight excluding hydrogens is 368 g/mol. The Morgan fingerprint density at radius 3 is 2.64 bits per heavy atom. The first-order chi connectivity index (χ1) is 13.8. The molecule has 136 valence electrons. The molecule has 4 rings (SSSR count). The fourth-order valence-corrected chi connectivity index (χ4v) is 3.62. The van der Waals surface area contributed by atoms with E-state index in [-0.39, 0.29) is 5.71 Å². The molecule has 3 aromatic carbocycles. The Labute approximate surface area is 166 Å². The summed E-state index contributed by atoms with van der Waals surface area (Å²) in [5.41, 5.74) is 5.79. The van der Waals surface area contributed by atoms with Gasteiger partial charge in [-0.3, -0.25) is 5.43 Å². The molecule has 28 heavy (non-hydrogen) atoms. The van der Waals surface area contributed by atoms with Gasteiger partial charge < -0.3 is 4.74 Å². The first kappa shape index (κ1) is 17.7. The standard InChI is InChI=1S/C22H16N4OS/c1-27-17-11-9-16(10-12-17)25-26-20(13-23)22-24-21(14-28-22)19-8-4-6-15-5-2-3-7-18(15)19/h2-12,14,25H,1H3/b26-20-. The first-order valence-corrected chi connectivity index (χ1v) is 9.48. The van der Waals surface area contributed by atoms with E-state index in [4.69, 9.17) is 4.74 Å². The van der Waals surface area contributed by atoms with Crippen LogP contribution in [0.15, 0.2) is 77.2 Å². The second-order valence-electron chi connectivity index (χ2n) is 5.98. The molecular formula is C22H16N4OS. The second-order valence-corrected chi connectivity index (χ2v) is 6.84. The topological polar surface area (TPSA) is 70.3 Å². The number of methoxy groups -OCH3 is 1. The van der Waals surface area contributed by atoms with Crippen LogP contribution in [0.4, 0.5) is 5.69 Å². The SMILES string of the molecule is COc1ccc(N/N=C(/C#N)c2nc(-c3cccc4ccccc34)cs2)cc1. The number of hydrogen-bond donors (Lipinski definition) is 1. The van der Waals surface area contributed by atoms with E-state index in [2.05, 4.69) is 39.8 Å². The van der Waals surface area contributed by atoms with E-state index in [1.807, 2.05) is 53.9 Å². The summed E-state index contributed by atoms with van der Waals surface area (Å²) in [6, 6.07) is 23.8. The molecule has 0 saturated carbocycles. The average Bonchev–Trinajstić information content (AvgIpc) is 3.24. The lowest BCUT2D eigenvalue weighted by Crippen LogP contribution is -2.01. The van der Waals surface area contributed by atoms with Crippen molar-refractivity contribution in [2.24, 2.45) is 5.10 Å². The summed E-state index contributed by atoms with van der Waals surface area (Å²) in [5, 5.41) is 18.6. The molecule has 0 amide bonds. The van der Waals surface area contributed by atoms with E-state index in [9.17, 15) is 5.26 Å². The van der Waals surface area contributed by atoms with E-state index < -0.39 is 0 Å². The van der Waals surface area contributed by atoms with Gasteiger partial charge in [0, 0.05) is 10.9 Å². The van der Waals surface area contributed by atoms with Crippen molar-refractivity contribution in [3.05, 3.63) is 77.1 Å². The zero-order valence-electron chi connectivity index (χ0n) is 15.1. The summed E-state index contributed by atoms with van der Waals surface area (Å²) >= 11 is 1.40. The number of nitrogens with one attached hydrogen (secondary N) is 1. The highest BCUT2D eigenvalue weighted by Gasteiger charge is 2.12. The van der Waals surface area contributed by atoms with Gasteiger partial charge in [-0.2, -0.15) is 10.4 Å². The Morgan fingerprint density at radius 1 is 1.07 bits per heavy atom. The fourth-order valence-electron chi connectivity index (χ4n) is 2.86. The fraction of sp³-hybridized carbons (Fsp3) is 0.0455. The van der Waals surface area contributed by atoms with Crippen LogP contribution >= 0.6 is 11.3 Å².